The molecule has 0 aromatic heterocycles. The van der Waals surface area contributed by atoms with Crippen molar-refractivity contribution in [3.63, 3.8) is 0 Å². The van der Waals surface area contributed by atoms with Crippen LogP contribution < -0.4 is 10.2 Å². The molecule has 27 heavy (non-hydrogen) atoms. The Morgan fingerprint density at radius 2 is 1.81 bits per heavy atom. The van der Waals surface area contributed by atoms with Crippen LogP contribution in [0.4, 0.5) is 5.69 Å². The minimum absolute atomic E-state index is 0.0764. The van der Waals surface area contributed by atoms with Gasteiger partial charge in [0, 0.05) is 11.6 Å². The van der Waals surface area contributed by atoms with Gasteiger partial charge in [0.05, 0.1) is 31.1 Å². The summed E-state index contributed by atoms with van der Waals surface area (Å²) in [6.45, 7) is 8.87. The van der Waals surface area contributed by atoms with Gasteiger partial charge in [-0.25, -0.2) is 8.42 Å². The normalized spacial score (nSPS) is 18.1. The Hall–Kier alpha value is -2.04. The van der Waals surface area contributed by atoms with Crippen molar-refractivity contribution in [3.05, 3.63) is 34.4 Å². The number of carbonyl (C=O) groups is 1. The summed E-state index contributed by atoms with van der Waals surface area (Å²) < 4.78 is 26.9. The van der Waals surface area contributed by atoms with Gasteiger partial charge in [-0.3, -0.25) is 14.9 Å². The van der Waals surface area contributed by atoms with Crippen LogP contribution in [0.5, 0.6) is 0 Å². The smallest absolute Gasteiger partial charge is 0.289 e. The third-order valence-electron chi connectivity index (χ3n) is 4.55. The Balaban J connectivity index is 2.09. The molecule has 0 spiro atoms. The molecule has 1 aromatic rings. The second-order valence-electron chi connectivity index (χ2n) is 7.75. The topological polar surface area (TPSA) is 114 Å². The highest BCUT2D eigenvalue weighted by Gasteiger charge is 2.37. The van der Waals surface area contributed by atoms with E-state index < -0.39 is 20.6 Å². The Bertz CT molecular complexity index is 811. The number of benzene rings is 1. The number of quaternary nitrogens is 1. The summed E-state index contributed by atoms with van der Waals surface area (Å²) in [4.78, 5) is 23.5. The molecule has 1 heterocycles. The Labute approximate surface area is 159 Å². The summed E-state index contributed by atoms with van der Waals surface area (Å²) in [6, 6.07) is 5.05. The number of hydrogen-bond acceptors (Lipinski definition) is 5. The number of amides is 1. The van der Waals surface area contributed by atoms with E-state index in [1.54, 1.807) is 0 Å². The van der Waals surface area contributed by atoms with E-state index in [1.807, 2.05) is 27.7 Å². The summed E-state index contributed by atoms with van der Waals surface area (Å²) in [5.41, 5.74) is -0.757. The molecule has 1 aromatic carbocycles. The fraction of sp³-hybridized carbons (Fsp3) is 0.588. The highest BCUT2D eigenvalue weighted by molar-refractivity contribution is 7.89. The number of hydrogen-bond donors (Lipinski definition) is 2. The lowest BCUT2D eigenvalue weighted by atomic mass is 10.1. The van der Waals surface area contributed by atoms with Gasteiger partial charge < -0.3 is 10.2 Å². The predicted molar refractivity (Wildman–Crippen MR) is 99.9 cm³/mol. The monoisotopic (exact) mass is 399 g/mol. The second-order valence-corrected chi connectivity index (χ2v) is 9.65. The van der Waals surface area contributed by atoms with Crippen molar-refractivity contribution in [1.82, 2.24) is 9.62 Å². The molecule has 9 nitrogen and oxygen atoms in total. The SMILES string of the molecule is C[C@H](C(=O)NC(C)(C)C)[NH+]1CCN(S(=O)(=O)c2ccccc2[N+](=O)[O-])CC1. The summed E-state index contributed by atoms with van der Waals surface area (Å²) in [6.07, 6.45) is 0. The Morgan fingerprint density at radius 1 is 1.26 bits per heavy atom. The predicted octanol–water partition coefficient (Wildman–Crippen LogP) is -0.213. The number of piperazine rings is 1. The minimum atomic E-state index is -3.96. The van der Waals surface area contributed by atoms with Crippen LogP contribution in [-0.2, 0) is 14.8 Å². The van der Waals surface area contributed by atoms with Gasteiger partial charge in [-0.1, -0.05) is 12.1 Å². The first kappa shape index (κ1) is 21.3. The van der Waals surface area contributed by atoms with Crippen LogP contribution >= 0.6 is 0 Å². The third kappa shape index (κ3) is 5.02. The number of nitro benzene ring substituents is 1. The highest BCUT2D eigenvalue weighted by atomic mass is 32.2. The summed E-state index contributed by atoms with van der Waals surface area (Å²) in [5.74, 6) is -0.0764. The van der Waals surface area contributed by atoms with Gasteiger partial charge in [-0.15, -0.1) is 0 Å². The molecule has 2 N–H and O–H groups in total. The van der Waals surface area contributed by atoms with Crippen LogP contribution in [0.25, 0.3) is 0 Å². The first-order valence-corrected chi connectivity index (χ1v) is 10.3. The zero-order valence-corrected chi connectivity index (χ0v) is 16.9. The lowest BCUT2D eigenvalue weighted by molar-refractivity contribution is -0.917. The van der Waals surface area contributed by atoms with Crippen molar-refractivity contribution in [3.8, 4) is 0 Å². The van der Waals surface area contributed by atoms with Gasteiger partial charge in [-0.2, -0.15) is 4.31 Å². The standard InChI is InChI=1S/C17H26N4O5S/c1-13(16(22)18-17(2,3)4)19-9-11-20(12-10-19)27(25,26)15-8-6-5-7-14(15)21(23)24/h5-8,13H,9-12H2,1-4H3,(H,18,22)/p+1/t13-/m1/s1. The van der Waals surface area contributed by atoms with Gasteiger partial charge in [0.1, 0.15) is 0 Å². The van der Waals surface area contributed by atoms with E-state index in [0.717, 1.165) is 4.90 Å². The second kappa shape index (κ2) is 7.91. The largest absolute Gasteiger partial charge is 0.346 e. The number of para-hydroxylation sites is 1. The van der Waals surface area contributed by atoms with Crippen molar-refractivity contribution in [2.75, 3.05) is 26.2 Å². The Kier molecular flexibility index (Phi) is 6.23. The molecule has 0 radical (unpaired) electrons. The van der Waals surface area contributed by atoms with Gasteiger partial charge in [0.25, 0.3) is 11.6 Å². The first-order valence-electron chi connectivity index (χ1n) is 8.83. The quantitative estimate of drug-likeness (QED) is 0.525. The van der Waals surface area contributed by atoms with Crippen LogP contribution in [0.3, 0.4) is 0 Å². The summed E-state index contributed by atoms with van der Waals surface area (Å²) >= 11 is 0. The van der Waals surface area contributed by atoms with E-state index in [1.165, 1.54) is 28.6 Å². The molecule has 10 heteroatoms. The summed E-state index contributed by atoms with van der Waals surface area (Å²) in [5, 5.41) is 14.1. The zero-order valence-electron chi connectivity index (χ0n) is 16.1. The Morgan fingerprint density at radius 3 is 2.33 bits per heavy atom. The van der Waals surface area contributed by atoms with Gasteiger partial charge in [-0.05, 0) is 33.8 Å². The number of sulfonamides is 1. The van der Waals surface area contributed by atoms with Crippen molar-refractivity contribution in [2.24, 2.45) is 0 Å². The van der Waals surface area contributed by atoms with Crippen LogP contribution in [-0.4, -0.2) is 61.3 Å². The van der Waals surface area contributed by atoms with Crippen molar-refractivity contribution < 1.29 is 23.0 Å². The molecule has 1 aliphatic rings. The van der Waals surface area contributed by atoms with Gasteiger partial charge >= 0.3 is 0 Å². The van der Waals surface area contributed by atoms with Crippen LogP contribution in [0, 0.1) is 10.1 Å². The number of carbonyl (C=O) groups excluding carboxylic acids is 1. The van der Waals surface area contributed by atoms with Gasteiger partial charge in [0.2, 0.25) is 10.0 Å². The number of nitro groups is 1. The van der Waals surface area contributed by atoms with E-state index in [-0.39, 0.29) is 35.5 Å². The van der Waals surface area contributed by atoms with E-state index in [4.69, 9.17) is 0 Å². The maximum Gasteiger partial charge on any atom is 0.289 e. The molecule has 1 atom stereocenters. The molecular weight excluding hydrogens is 372 g/mol. The van der Waals surface area contributed by atoms with Crippen molar-refractivity contribution in [1.29, 1.82) is 0 Å². The van der Waals surface area contributed by atoms with Crippen molar-refractivity contribution in [2.45, 2.75) is 44.2 Å². The fourth-order valence-corrected chi connectivity index (χ4v) is 4.67. The van der Waals surface area contributed by atoms with Crippen molar-refractivity contribution >= 4 is 21.6 Å². The molecule has 1 saturated heterocycles. The number of nitrogens with zero attached hydrogens (tertiary/aromatic N) is 2. The molecule has 0 bridgehead atoms. The minimum Gasteiger partial charge on any atom is -0.346 e. The lowest BCUT2D eigenvalue weighted by Gasteiger charge is -2.35. The maximum atomic E-state index is 12.8. The highest BCUT2D eigenvalue weighted by Crippen LogP contribution is 2.26. The van der Waals surface area contributed by atoms with Gasteiger partial charge in [0.15, 0.2) is 10.9 Å². The zero-order chi connectivity index (χ0) is 20.4. The van der Waals surface area contributed by atoms with E-state index in [0.29, 0.717) is 13.1 Å². The molecule has 1 aliphatic heterocycles. The molecule has 0 aliphatic carbocycles. The molecule has 0 unspecified atom stereocenters. The number of rotatable bonds is 5. The maximum absolute atomic E-state index is 12.8. The molecular formula is C17H27N4O5S+. The molecule has 2 rings (SSSR count). The fourth-order valence-electron chi connectivity index (χ4n) is 3.08. The van der Waals surface area contributed by atoms with E-state index in [2.05, 4.69) is 5.32 Å². The van der Waals surface area contributed by atoms with E-state index >= 15 is 0 Å². The van der Waals surface area contributed by atoms with E-state index in [9.17, 15) is 23.3 Å². The molecule has 150 valence electrons. The van der Waals surface area contributed by atoms with Crippen LogP contribution in [0.2, 0.25) is 0 Å². The molecule has 1 fully saturated rings. The third-order valence-corrected chi connectivity index (χ3v) is 6.49. The van der Waals surface area contributed by atoms with Crippen LogP contribution in [0.15, 0.2) is 29.2 Å². The average molecular weight is 399 g/mol. The summed E-state index contributed by atoms with van der Waals surface area (Å²) in [7, 11) is -3.96. The molecule has 0 saturated carbocycles. The number of nitrogens with one attached hydrogen (secondary N) is 2. The van der Waals surface area contributed by atoms with Crippen LogP contribution in [0.1, 0.15) is 27.7 Å². The first-order chi connectivity index (χ1) is 12.4. The molecule has 1 amide bonds. The average Bonchev–Trinajstić information content (AvgIpc) is 2.59. The lowest BCUT2D eigenvalue weighted by Crippen LogP contribution is -3.19.